The van der Waals surface area contributed by atoms with Crippen molar-refractivity contribution < 1.29 is 4.79 Å². The second kappa shape index (κ2) is 5.91. The lowest BCUT2D eigenvalue weighted by atomic mass is 9.78. The van der Waals surface area contributed by atoms with E-state index in [-0.39, 0.29) is 17.7 Å². The van der Waals surface area contributed by atoms with Crippen LogP contribution in [0.25, 0.3) is 0 Å². The fourth-order valence-electron chi connectivity index (χ4n) is 3.98. The van der Waals surface area contributed by atoms with Crippen LogP contribution in [0.4, 0.5) is 5.95 Å². The molecule has 2 atom stereocenters. The lowest BCUT2D eigenvalue weighted by Gasteiger charge is -2.34. The molecule has 6 heteroatoms. The van der Waals surface area contributed by atoms with E-state index in [9.17, 15) is 4.79 Å². The predicted molar refractivity (Wildman–Crippen MR) is 96.5 cm³/mol. The van der Waals surface area contributed by atoms with E-state index in [1.807, 2.05) is 48.5 Å². The minimum Gasteiger partial charge on any atom is -0.326 e. The first-order valence-corrected chi connectivity index (χ1v) is 8.72. The van der Waals surface area contributed by atoms with Crippen molar-refractivity contribution in [2.24, 2.45) is 0 Å². The van der Waals surface area contributed by atoms with E-state index in [1.165, 1.54) is 5.56 Å². The summed E-state index contributed by atoms with van der Waals surface area (Å²) in [6.07, 6.45) is 1.28. The van der Waals surface area contributed by atoms with Crippen LogP contribution in [0.3, 0.4) is 0 Å². The molecule has 1 aromatic heterocycles. The fraction of sp³-hybridized carbons (Fsp3) is 0.200. The Hall–Kier alpha value is -3.28. The van der Waals surface area contributed by atoms with E-state index in [2.05, 4.69) is 33.0 Å². The van der Waals surface area contributed by atoms with Gasteiger partial charge in [0.2, 0.25) is 5.95 Å². The van der Waals surface area contributed by atoms with E-state index < -0.39 is 0 Å². The van der Waals surface area contributed by atoms with Gasteiger partial charge in [0.15, 0.2) is 5.78 Å². The molecule has 3 aromatic rings. The molecule has 0 amide bonds. The van der Waals surface area contributed by atoms with Crippen LogP contribution in [-0.4, -0.2) is 26.0 Å². The third-order valence-electron chi connectivity index (χ3n) is 5.17. The molecule has 0 unspecified atom stereocenters. The average Bonchev–Trinajstić information content (AvgIpc) is 3.15. The van der Waals surface area contributed by atoms with Gasteiger partial charge < -0.3 is 5.32 Å². The Morgan fingerprint density at radius 3 is 2.35 bits per heavy atom. The molecule has 128 valence electrons. The van der Waals surface area contributed by atoms with Crippen LogP contribution >= 0.6 is 0 Å². The number of ketones is 1. The summed E-state index contributed by atoms with van der Waals surface area (Å²) in [5, 5.41) is 15.3. The van der Waals surface area contributed by atoms with Gasteiger partial charge in [-0.05, 0) is 33.9 Å². The van der Waals surface area contributed by atoms with Gasteiger partial charge in [0, 0.05) is 17.7 Å². The molecule has 0 fully saturated rings. The van der Waals surface area contributed by atoms with Crippen molar-refractivity contribution in [3.8, 4) is 0 Å². The van der Waals surface area contributed by atoms with Gasteiger partial charge >= 0.3 is 0 Å². The van der Waals surface area contributed by atoms with Crippen molar-refractivity contribution >= 4 is 11.7 Å². The first kappa shape index (κ1) is 15.0. The fourth-order valence-corrected chi connectivity index (χ4v) is 3.98. The average molecular weight is 343 g/mol. The van der Waals surface area contributed by atoms with Gasteiger partial charge in [-0.2, -0.15) is 4.68 Å². The molecule has 2 aliphatic rings. The summed E-state index contributed by atoms with van der Waals surface area (Å²) >= 11 is 0. The highest BCUT2D eigenvalue weighted by molar-refractivity contribution is 6.00. The van der Waals surface area contributed by atoms with Crippen molar-refractivity contribution in [3.05, 3.63) is 83.1 Å². The van der Waals surface area contributed by atoms with Gasteiger partial charge in [-0.3, -0.25) is 4.79 Å². The number of rotatable bonds is 2. The van der Waals surface area contributed by atoms with Crippen LogP contribution in [0.2, 0.25) is 0 Å². The Morgan fingerprint density at radius 2 is 1.62 bits per heavy atom. The second-order valence-corrected chi connectivity index (χ2v) is 6.72. The number of nitrogens with one attached hydrogen (secondary N) is 1. The van der Waals surface area contributed by atoms with E-state index in [4.69, 9.17) is 0 Å². The van der Waals surface area contributed by atoms with E-state index in [1.54, 1.807) is 4.68 Å². The smallest absolute Gasteiger partial charge is 0.248 e. The summed E-state index contributed by atoms with van der Waals surface area (Å²) in [4.78, 5) is 13.1. The standard InChI is InChI=1S/C20H17N5O/c26-17-12-15(13-7-3-1-4-8-13)11-16-18(17)19(14-9-5-2-6-10-14)25-20(21-16)22-23-24-25/h1-10,15,19H,11-12H2,(H,21,22,24)/t15-,19-/m1/s1. The molecule has 1 aliphatic carbocycles. The number of benzene rings is 2. The van der Waals surface area contributed by atoms with Gasteiger partial charge in [-0.15, -0.1) is 0 Å². The van der Waals surface area contributed by atoms with Crippen LogP contribution < -0.4 is 5.32 Å². The first-order valence-electron chi connectivity index (χ1n) is 8.72. The Kier molecular flexibility index (Phi) is 3.41. The quantitative estimate of drug-likeness (QED) is 0.774. The zero-order chi connectivity index (χ0) is 17.5. The number of carbonyl (C=O) groups is 1. The van der Waals surface area contributed by atoms with Crippen LogP contribution in [-0.2, 0) is 4.79 Å². The molecule has 0 bridgehead atoms. The van der Waals surface area contributed by atoms with Gasteiger partial charge in [0.1, 0.15) is 6.04 Å². The molecule has 1 aliphatic heterocycles. The number of Topliss-reactive ketones (excluding diaryl/α,β-unsaturated/α-hetero) is 1. The number of allylic oxidation sites excluding steroid dienone is 2. The number of aromatic nitrogens is 4. The summed E-state index contributed by atoms with van der Waals surface area (Å²) < 4.78 is 1.70. The minimum atomic E-state index is -0.276. The minimum absolute atomic E-state index is 0.155. The molecule has 1 N–H and O–H groups in total. The summed E-state index contributed by atoms with van der Waals surface area (Å²) in [6, 6.07) is 19.9. The molecule has 2 aromatic carbocycles. The molecular formula is C20H17N5O. The molecule has 0 spiro atoms. The van der Waals surface area contributed by atoms with E-state index in [0.717, 1.165) is 23.3 Å². The summed E-state index contributed by atoms with van der Waals surface area (Å²) in [5.74, 6) is 0.913. The molecule has 2 heterocycles. The van der Waals surface area contributed by atoms with Gasteiger partial charge in [-0.25, -0.2) is 0 Å². The van der Waals surface area contributed by atoms with Gasteiger partial charge in [0.05, 0.1) is 0 Å². The highest BCUT2D eigenvalue weighted by Crippen LogP contribution is 2.43. The zero-order valence-corrected chi connectivity index (χ0v) is 14.0. The first-order chi connectivity index (χ1) is 12.8. The highest BCUT2D eigenvalue weighted by Gasteiger charge is 2.39. The Morgan fingerprint density at radius 1 is 0.923 bits per heavy atom. The largest absolute Gasteiger partial charge is 0.326 e. The van der Waals surface area contributed by atoms with Gasteiger partial charge in [-0.1, -0.05) is 65.8 Å². The van der Waals surface area contributed by atoms with Crippen molar-refractivity contribution in [2.45, 2.75) is 24.8 Å². The maximum atomic E-state index is 13.1. The maximum absolute atomic E-state index is 13.1. The summed E-state index contributed by atoms with van der Waals surface area (Å²) in [7, 11) is 0. The molecular weight excluding hydrogens is 326 g/mol. The normalized spacial score (nSPS) is 21.8. The third kappa shape index (κ3) is 2.34. The number of nitrogens with zero attached hydrogens (tertiary/aromatic N) is 4. The molecule has 0 saturated carbocycles. The topological polar surface area (TPSA) is 72.7 Å². The van der Waals surface area contributed by atoms with Crippen LogP contribution in [0.1, 0.15) is 35.9 Å². The lowest BCUT2D eigenvalue weighted by Crippen LogP contribution is -2.33. The van der Waals surface area contributed by atoms with Crippen molar-refractivity contribution in [1.82, 2.24) is 20.2 Å². The third-order valence-corrected chi connectivity index (χ3v) is 5.17. The molecule has 5 rings (SSSR count). The van der Waals surface area contributed by atoms with Crippen LogP contribution in [0.5, 0.6) is 0 Å². The van der Waals surface area contributed by atoms with E-state index >= 15 is 0 Å². The number of fused-ring (bicyclic) bond motifs is 1. The monoisotopic (exact) mass is 343 g/mol. The van der Waals surface area contributed by atoms with Crippen LogP contribution in [0, 0.1) is 0 Å². The Labute approximate surface area is 150 Å². The predicted octanol–water partition coefficient (Wildman–Crippen LogP) is 3.09. The number of carbonyl (C=O) groups excluding carboxylic acids is 1. The van der Waals surface area contributed by atoms with Crippen LogP contribution in [0.15, 0.2) is 71.9 Å². The summed E-state index contributed by atoms with van der Waals surface area (Å²) in [6.45, 7) is 0. The molecule has 6 nitrogen and oxygen atoms in total. The SMILES string of the molecule is O=C1C[C@H](c2ccccc2)CC2=C1[C@@H](c1ccccc1)n1nnnc1N2. The van der Waals surface area contributed by atoms with E-state index in [0.29, 0.717) is 12.4 Å². The number of hydrogen-bond donors (Lipinski definition) is 1. The van der Waals surface area contributed by atoms with Crippen molar-refractivity contribution in [1.29, 1.82) is 0 Å². The number of tetrazole rings is 1. The van der Waals surface area contributed by atoms with Gasteiger partial charge in [0.25, 0.3) is 0 Å². The summed E-state index contributed by atoms with van der Waals surface area (Å²) in [5.41, 5.74) is 3.92. The Bertz CT molecular complexity index is 993. The maximum Gasteiger partial charge on any atom is 0.248 e. The molecule has 26 heavy (non-hydrogen) atoms. The number of anilines is 1. The Balaban J connectivity index is 1.61. The zero-order valence-electron chi connectivity index (χ0n) is 14.0. The van der Waals surface area contributed by atoms with Crippen molar-refractivity contribution in [3.63, 3.8) is 0 Å². The highest BCUT2D eigenvalue weighted by atomic mass is 16.1. The second-order valence-electron chi connectivity index (χ2n) is 6.72. The molecule has 0 saturated heterocycles. The lowest BCUT2D eigenvalue weighted by molar-refractivity contribution is -0.116. The number of hydrogen-bond acceptors (Lipinski definition) is 5. The molecule has 0 radical (unpaired) electrons. The van der Waals surface area contributed by atoms with Crippen molar-refractivity contribution in [2.75, 3.05) is 5.32 Å².